The molecule has 2 N–H and O–H groups in total. The summed E-state index contributed by atoms with van der Waals surface area (Å²) in [4.78, 5) is 4.51. The van der Waals surface area contributed by atoms with Crippen molar-refractivity contribution in [1.82, 2.24) is 4.98 Å². The van der Waals surface area contributed by atoms with Crippen LogP contribution in [0.2, 0.25) is 0 Å². The number of hydrogen-bond donors (Lipinski definition) is 1. The van der Waals surface area contributed by atoms with Crippen molar-refractivity contribution < 1.29 is 4.74 Å². The Morgan fingerprint density at radius 1 is 1.11 bits per heavy atom. The summed E-state index contributed by atoms with van der Waals surface area (Å²) < 4.78 is 5.33. The Kier molecular flexibility index (Phi) is 3.86. The van der Waals surface area contributed by atoms with Crippen LogP contribution in [0.1, 0.15) is 34.1 Å². The van der Waals surface area contributed by atoms with Crippen LogP contribution in [0.15, 0.2) is 30.3 Å². The minimum absolute atomic E-state index is 0.204. The van der Waals surface area contributed by atoms with Crippen LogP contribution in [-0.2, 0) is 0 Å². The highest BCUT2D eigenvalue weighted by Crippen LogP contribution is 2.28. The van der Waals surface area contributed by atoms with Crippen LogP contribution in [0.5, 0.6) is 5.75 Å². The maximum absolute atomic E-state index is 6.34. The number of nitrogens with zero attached hydrogens (tertiary/aromatic N) is 1. The van der Waals surface area contributed by atoms with Gasteiger partial charge in [0.2, 0.25) is 0 Å². The van der Waals surface area contributed by atoms with Crippen LogP contribution in [0.25, 0.3) is 0 Å². The molecule has 0 bridgehead atoms. The molecule has 0 saturated heterocycles. The number of benzene rings is 1. The van der Waals surface area contributed by atoms with Crippen molar-refractivity contribution in [3.8, 4) is 5.75 Å². The maximum atomic E-state index is 6.34. The first kappa shape index (κ1) is 13.6. The summed E-state index contributed by atoms with van der Waals surface area (Å²) in [6.07, 6.45) is 0. The molecule has 2 rings (SSSR count). The Morgan fingerprint density at radius 3 is 2.47 bits per heavy atom. The molecule has 0 aliphatic carbocycles. The van der Waals surface area contributed by atoms with Gasteiger partial charge in [-0.05, 0) is 55.7 Å². The number of ether oxygens (including phenoxy) is 1. The third-order valence-electron chi connectivity index (χ3n) is 3.35. The summed E-state index contributed by atoms with van der Waals surface area (Å²) in [5.74, 6) is 0.894. The highest BCUT2D eigenvalue weighted by Gasteiger charge is 2.15. The van der Waals surface area contributed by atoms with Gasteiger partial charge in [-0.2, -0.15) is 0 Å². The first-order chi connectivity index (χ1) is 9.02. The van der Waals surface area contributed by atoms with Gasteiger partial charge >= 0.3 is 0 Å². The van der Waals surface area contributed by atoms with E-state index < -0.39 is 0 Å². The Morgan fingerprint density at radius 2 is 1.84 bits per heavy atom. The van der Waals surface area contributed by atoms with Crippen LogP contribution in [0.4, 0.5) is 0 Å². The highest BCUT2D eigenvalue weighted by molar-refractivity contribution is 5.44. The first-order valence-electron chi connectivity index (χ1n) is 6.37. The van der Waals surface area contributed by atoms with Crippen molar-refractivity contribution in [2.24, 2.45) is 5.73 Å². The summed E-state index contributed by atoms with van der Waals surface area (Å²) >= 11 is 0. The second kappa shape index (κ2) is 5.41. The number of methoxy groups -OCH3 is 1. The van der Waals surface area contributed by atoms with Gasteiger partial charge in [0, 0.05) is 5.69 Å². The third-order valence-corrected chi connectivity index (χ3v) is 3.35. The van der Waals surface area contributed by atoms with Gasteiger partial charge in [-0.25, -0.2) is 0 Å². The third kappa shape index (κ3) is 2.76. The molecular weight excluding hydrogens is 236 g/mol. The Bertz CT molecular complexity index is 593. The summed E-state index contributed by atoms with van der Waals surface area (Å²) in [6, 6.07) is 9.84. The Labute approximate surface area is 114 Å². The molecule has 0 aliphatic heterocycles. The van der Waals surface area contributed by atoms with Gasteiger partial charge in [-0.3, -0.25) is 4.98 Å². The second-order valence-electron chi connectivity index (χ2n) is 4.86. The minimum atomic E-state index is -0.204. The first-order valence-corrected chi connectivity index (χ1v) is 6.37. The molecule has 1 unspecified atom stereocenters. The molecule has 0 radical (unpaired) electrons. The van der Waals surface area contributed by atoms with Crippen LogP contribution in [0.3, 0.4) is 0 Å². The van der Waals surface area contributed by atoms with Gasteiger partial charge in [0.05, 0.1) is 18.8 Å². The van der Waals surface area contributed by atoms with E-state index in [1.54, 1.807) is 7.11 Å². The number of hydrogen-bond acceptors (Lipinski definition) is 3. The number of aryl methyl sites for hydroxylation is 3. The van der Waals surface area contributed by atoms with E-state index in [2.05, 4.69) is 11.1 Å². The molecule has 100 valence electrons. The van der Waals surface area contributed by atoms with E-state index >= 15 is 0 Å². The summed E-state index contributed by atoms with van der Waals surface area (Å²) in [5.41, 5.74) is 11.5. The molecule has 0 fully saturated rings. The second-order valence-corrected chi connectivity index (χ2v) is 4.86. The van der Waals surface area contributed by atoms with Crippen LogP contribution in [-0.4, -0.2) is 12.1 Å². The van der Waals surface area contributed by atoms with E-state index in [9.17, 15) is 0 Å². The Hall–Kier alpha value is -1.87. The molecule has 1 heterocycles. The molecule has 3 nitrogen and oxygen atoms in total. The van der Waals surface area contributed by atoms with E-state index in [1.807, 2.05) is 45.0 Å². The molecule has 19 heavy (non-hydrogen) atoms. The molecule has 0 amide bonds. The van der Waals surface area contributed by atoms with Gasteiger partial charge in [0.15, 0.2) is 0 Å². The van der Waals surface area contributed by atoms with Crippen molar-refractivity contribution in [1.29, 1.82) is 0 Å². The van der Waals surface area contributed by atoms with Crippen molar-refractivity contribution in [2.75, 3.05) is 7.11 Å². The zero-order valence-corrected chi connectivity index (χ0v) is 11.9. The zero-order chi connectivity index (χ0) is 14.0. The number of aromatic nitrogens is 1. The lowest BCUT2D eigenvalue weighted by molar-refractivity contribution is 0.411. The quantitative estimate of drug-likeness (QED) is 0.918. The average Bonchev–Trinajstić information content (AvgIpc) is 2.40. The van der Waals surface area contributed by atoms with E-state index in [-0.39, 0.29) is 6.04 Å². The predicted octanol–water partition coefficient (Wildman–Crippen LogP) is 3.06. The molecule has 1 atom stereocenters. The van der Waals surface area contributed by atoms with Crippen LogP contribution in [0, 0.1) is 20.8 Å². The number of nitrogens with two attached hydrogens (primary N) is 1. The summed E-state index contributed by atoms with van der Waals surface area (Å²) in [6.45, 7) is 6.05. The van der Waals surface area contributed by atoms with Crippen molar-refractivity contribution in [3.05, 3.63) is 58.4 Å². The van der Waals surface area contributed by atoms with Gasteiger partial charge in [0.25, 0.3) is 0 Å². The normalized spacial score (nSPS) is 12.3. The molecule has 2 aromatic rings. The van der Waals surface area contributed by atoms with Crippen LogP contribution < -0.4 is 10.5 Å². The van der Waals surface area contributed by atoms with Crippen molar-refractivity contribution >= 4 is 0 Å². The minimum Gasteiger partial charge on any atom is -0.496 e. The lowest BCUT2D eigenvalue weighted by atomic mass is 9.96. The highest BCUT2D eigenvalue weighted by atomic mass is 16.5. The fourth-order valence-electron chi connectivity index (χ4n) is 2.26. The molecular formula is C16H20N2O. The number of pyridine rings is 1. The van der Waals surface area contributed by atoms with E-state index in [1.165, 1.54) is 0 Å². The topological polar surface area (TPSA) is 48.1 Å². The van der Waals surface area contributed by atoms with E-state index in [0.29, 0.717) is 0 Å². The monoisotopic (exact) mass is 256 g/mol. The molecule has 0 spiro atoms. The van der Waals surface area contributed by atoms with Crippen LogP contribution >= 0.6 is 0 Å². The predicted molar refractivity (Wildman–Crippen MR) is 77.5 cm³/mol. The molecule has 3 heteroatoms. The smallest absolute Gasteiger partial charge is 0.122 e. The lowest BCUT2D eigenvalue weighted by Gasteiger charge is -2.17. The average molecular weight is 256 g/mol. The standard InChI is InChI=1S/C16H20N2O/c1-10-9-15(19-4)11(2)8-13(10)16(17)14-7-5-6-12(3)18-14/h5-9,16H,17H2,1-4H3. The molecule has 1 aromatic carbocycles. The zero-order valence-electron chi connectivity index (χ0n) is 11.9. The van der Waals surface area contributed by atoms with Gasteiger partial charge < -0.3 is 10.5 Å². The van der Waals surface area contributed by atoms with Gasteiger partial charge in [-0.1, -0.05) is 12.1 Å². The Balaban J connectivity index is 2.44. The molecule has 0 aliphatic rings. The fraction of sp³-hybridized carbons (Fsp3) is 0.312. The largest absolute Gasteiger partial charge is 0.496 e. The van der Waals surface area contributed by atoms with Gasteiger partial charge in [-0.15, -0.1) is 0 Å². The van der Waals surface area contributed by atoms with E-state index in [4.69, 9.17) is 10.5 Å². The SMILES string of the molecule is COc1cc(C)c(C(N)c2cccc(C)n2)cc1C. The summed E-state index contributed by atoms with van der Waals surface area (Å²) in [5, 5.41) is 0. The fourth-order valence-corrected chi connectivity index (χ4v) is 2.26. The summed E-state index contributed by atoms with van der Waals surface area (Å²) in [7, 11) is 1.68. The van der Waals surface area contributed by atoms with E-state index in [0.717, 1.165) is 33.8 Å². The van der Waals surface area contributed by atoms with Crippen molar-refractivity contribution in [3.63, 3.8) is 0 Å². The lowest BCUT2D eigenvalue weighted by Crippen LogP contribution is -2.15. The number of rotatable bonds is 3. The molecule has 1 aromatic heterocycles. The molecule has 0 saturated carbocycles. The van der Waals surface area contributed by atoms with Gasteiger partial charge in [0.1, 0.15) is 5.75 Å². The van der Waals surface area contributed by atoms with Crippen molar-refractivity contribution in [2.45, 2.75) is 26.8 Å². The maximum Gasteiger partial charge on any atom is 0.122 e.